The minimum atomic E-state index is -0.175. The molecule has 0 unspecified atom stereocenters. The summed E-state index contributed by atoms with van der Waals surface area (Å²) in [5, 5.41) is 15.6. The predicted octanol–water partition coefficient (Wildman–Crippen LogP) is 3.67. The number of rotatable bonds is 5. The second-order valence-electron chi connectivity index (χ2n) is 5.55. The first-order valence-corrected chi connectivity index (χ1v) is 8.58. The number of hydrogen-bond acceptors (Lipinski definition) is 4. The van der Waals surface area contributed by atoms with Crippen molar-refractivity contribution < 1.29 is 14.6 Å². The van der Waals surface area contributed by atoms with Gasteiger partial charge in [-0.15, -0.1) is 11.3 Å². The highest BCUT2D eigenvalue weighted by Gasteiger charge is 2.23. The molecule has 1 aliphatic rings. The molecule has 1 aromatic carbocycles. The number of benzene rings is 1. The van der Waals surface area contributed by atoms with E-state index >= 15 is 0 Å². The van der Waals surface area contributed by atoms with Crippen LogP contribution in [0, 0.1) is 0 Å². The van der Waals surface area contributed by atoms with Crippen molar-refractivity contribution in [2.75, 3.05) is 18.5 Å². The number of carbonyl (C=O) groups excluding carboxylic acids is 1. The Bertz CT molecular complexity index is 639. The maximum atomic E-state index is 12.6. The van der Waals surface area contributed by atoms with E-state index in [0.717, 1.165) is 30.0 Å². The summed E-state index contributed by atoms with van der Waals surface area (Å²) in [4.78, 5) is 14.3. The number of phenolic OH excluding ortho intramolecular Hbond substituents is 1. The molecule has 1 aromatic heterocycles. The molecule has 0 radical (unpaired) electrons. The van der Waals surface area contributed by atoms with Crippen LogP contribution in [-0.4, -0.2) is 35.3 Å². The van der Waals surface area contributed by atoms with Crippen LogP contribution < -0.4 is 5.32 Å². The smallest absolute Gasteiger partial charge is 0.322 e. The number of phenols is 1. The summed E-state index contributed by atoms with van der Waals surface area (Å²) >= 11 is 1.48. The molecular formula is C17H20N2O3S. The van der Waals surface area contributed by atoms with Crippen LogP contribution in [0.25, 0.3) is 0 Å². The van der Waals surface area contributed by atoms with E-state index in [0.29, 0.717) is 13.1 Å². The molecule has 5 nitrogen and oxygen atoms in total. The van der Waals surface area contributed by atoms with Crippen molar-refractivity contribution in [2.45, 2.75) is 25.5 Å². The standard InChI is InChI=1S/C17H20N2O3S/c20-15-7-2-1-5-13(15)11-19(12-14-6-3-9-22-14)17(21)18-16-8-4-10-23-16/h1-2,4-5,7-8,10,14,20H,3,6,9,11-12H2,(H,18,21)/t14-/m0/s1. The Morgan fingerprint density at radius 1 is 1.35 bits per heavy atom. The number of aromatic hydroxyl groups is 1. The van der Waals surface area contributed by atoms with Crippen molar-refractivity contribution >= 4 is 22.4 Å². The Kier molecular flexibility index (Phi) is 5.15. The first-order chi connectivity index (χ1) is 11.2. The molecule has 2 amide bonds. The zero-order valence-electron chi connectivity index (χ0n) is 12.8. The third-order valence-electron chi connectivity index (χ3n) is 3.84. The van der Waals surface area contributed by atoms with Crippen LogP contribution >= 0.6 is 11.3 Å². The zero-order chi connectivity index (χ0) is 16.1. The number of carbonyl (C=O) groups is 1. The number of urea groups is 1. The fourth-order valence-corrected chi connectivity index (χ4v) is 3.24. The summed E-state index contributed by atoms with van der Waals surface area (Å²) < 4.78 is 5.66. The van der Waals surface area contributed by atoms with Crippen molar-refractivity contribution in [1.82, 2.24) is 4.90 Å². The predicted molar refractivity (Wildman–Crippen MR) is 90.8 cm³/mol. The number of ether oxygens (including phenoxy) is 1. The van der Waals surface area contributed by atoms with Crippen LogP contribution in [0.15, 0.2) is 41.8 Å². The van der Waals surface area contributed by atoms with Gasteiger partial charge in [-0.25, -0.2) is 4.79 Å². The molecule has 0 saturated carbocycles. The highest BCUT2D eigenvalue weighted by Crippen LogP contribution is 2.22. The number of nitrogens with one attached hydrogen (secondary N) is 1. The third kappa shape index (κ3) is 4.24. The van der Waals surface area contributed by atoms with E-state index in [9.17, 15) is 9.90 Å². The molecule has 2 N–H and O–H groups in total. The molecule has 3 rings (SSSR count). The quantitative estimate of drug-likeness (QED) is 0.878. The molecule has 1 fully saturated rings. The Morgan fingerprint density at radius 3 is 2.91 bits per heavy atom. The molecule has 2 heterocycles. The third-order valence-corrected chi connectivity index (χ3v) is 4.62. The fraction of sp³-hybridized carbons (Fsp3) is 0.353. The van der Waals surface area contributed by atoms with Gasteiger partial charge in [-0.2, -0.15) is 0 Å². The molecule has 23 heavy (non-hydrogen) atoms. The van der Waals surface area contributed by atoms with Gasteiger partial charge in [0.25, 0.3) is 0 Å². The number of hydrogen-bond donors (Lipinski definition) is 2. The molecule has 0 aliphatic carbocycles. The van der Waals surface area contributed by atoms with Crippen LogP contribution in [0.4, 0.5) is 9.80 Å². The molecule has 6 heteroatoms. The average molecular weight is 332 g/mol. The molecular weight excluding hydrogens is 312 g/mol. The number of amides is 2. The topological polar surface area (TPSA) is 61.8 Å². The Labute approximate surface area is 139 Å². The van der Waals surface area contributed by atoms with Gasteiger partial charge < -0.3 is 14.7 Å². The largest absolute Gasteiger partial charge is 0.508 e. The monoisotopic (exact) mass is 332 g/mol. The van der Waals surface area contributed by atoms with E-state index in [2.05, 4.69) is 5.32 Å². The van der Waals surface area contributed by atoms with E-state index in [4.69, 9.17) is 4.74 Å². The summed E-state index contributed by atoms with van der Waals surface area (Å²) in [6.07, 6.45) is 2.06. The van der Waals surface area contributed by atoms with Gasteiger partial charge in [0.2, 0.25) is 0 Å². The SMILES string of the molecule is O=C(Nc1cccs1)N(Cc1ccccc1O)C[C@@H]1CCCO1. The lowest BCUT2D eigenvalue weighted by Crippen LogP contribution is -2.39. The summed E-state index contributed by atoms with van der Waals surface area (Å²) in [7, 11) is 0. The average Bonchev–Trinajstić information content (AvgIpc) is 3.22. The van der Waals surface area contributed by atoms with E-state index in [1.807, 2.05) is 29.6 Å². The first-order valence-electron chi connectivity index (χ1n) is 7.70. The van der Waals surface area contributed by atoms with Crippen molar-refractivity contribution in [2.24, 2.45) is 0 Å². The molecule has 122 valence electrons. The van der Waals surface area contributed by atoms with E-state index < -0.39 is 0 Å². The van der Waals surface area contributed by atoms with Gasteiger partial charge in [-0.05, 0) is 36.4 Å². The minimum Gasteiger partial charge on any atom is -0.508 e. The maximum Gasteiger partial charge on any atom is 0.322 e. The van der Waals surface area contributed by atoms with Gasteiger partial charge >= 0.3 is 6.03 Å². The highest BCUT2D eigenvalue weighted by molar-refractivity contribution is 7.14. The van der Waals surface area contributed by atoms with Crippen LogP contribution in [0.2, 0.25) is 0 Å². The van der Waals surface area contributed by atoms with Gasteiger partial charge in [0.05, 0.1) is 17.6 Å². The zero-order valence-corrected chi connectivity index (χ0v) is 13.6. The summed E-state index contributed by atoms with van der Waals surface area (Å²) in [6.45, 7) is 1.62. The van der Waals surface area contributed by atoms with Gasteiger partial charge in [0.15, 0.2) is 0 Å². The minimum absolute atomic E-state index is 0.0648. The van der Waals surface area contributed by atoms with Crippen LogP contribution in [0.3, 0.4) is 0 Å². The summed E-state index contributed by atoms with van der Waals surface area (Å²) in [5.74, 6) is 0.203. The lowest BCUT2D eigenvalue weighted by molar-refractivity contribution is 0.0817. The lowest BCUT2D eigenvalue weighted by atomic mass is 10.1. The van der Waals surface area contributed by atoms with Crippen molar-refractivity contribution in [3.63, 3.8) is 0 Å². The first kappa shape index (κ1) is 15.8. The van der Waals surface area contributed by atoms with E-state index in [1.165, 1.54) is 11.3 Å². The normalized spacial score (nSPS) is 17.1. The number of thiophene rings is 1. The summed E-state index contributed by atoms with van der Waals surface area (Å²) in [6, 6.07) is 10.7. The molecule has 0 spiro atoms. The highest BCUT2D eigenvalue weighted by atomic mass is 32.1. The van der Waals surface area contributed by atoms with E-state index in [-0.39, 0.29) is 17.9 Å². The molecule has 1 saturated heterocycles. The second kappa shape index (κ2) is 7.48. The number of para-hydroxylation sites is 1. The lowest BCUT2D eigenvalue weighted by Gasteiger charge is -2.26. The Hall–Kier alpha value is -2.05. The van der Waals surface area contributed by atoms with Crippen LogP contribution in [0.1, 0.15) is 18.4 Å². The van der Waals surface area contributed by atoms with Crippen molar-refractivity contribution in [3.05, 3.63) is 47.3 Å². The summed E-state index contributed by atoms with van der Waals surface area (Å²) in [5.41, 5.74) is 0.729. The number of anilines is 1. The fourth-order valence-electron chi connectivity index (χ4n) is 2.64. The van der Waals surface area contributed by atoms with Crippen LogP contribution in [-0.2, 0) is 11.3 Å². The van der Waals surface area contributed by atoms with Crippen LogP contribution in [0.5, 0.6) is 5.75 Å². The Balaban J connectivity index is 1.72. The van der Waals surface area contributed by atoms with Crippen molar-refractivity contribution in [1.29, 1.82) is 0 Å². The molecule has 1 aliphatic heterocycles. The van der Waals surface area contributed by atoms with E-state index in [1.54, 1.807) is 17.0 Å². The van der Waals surface area contributed by atoms with Gasteiger partial charge in [0.1, 0.15) is 5.75 Å². The van der Waals surface area contributed by atoms with Gasteiger partial charge in [-0.1, -0.05) is 18.2 Å². The maximum absolute atomic E-state index is 12.6. The van der Waals surface area contributed by atoms with Crippen molar-refractivity contribution in [3.8, 4) is 5.75 Å². The number of nitrogens with zero attached hydrogens (tertiary/aromatic N) is 1. The van der Waals surface area contributed by atoms with Gasteiger partial charge in [0, 0.05) is 18.7 Å². The second-order valence-corrected chi connectivity index (χ2v) is 6.50. The molecule has 1 atom stereocenters. The molecule has 2 aromatic rings. The molecule has 0 bridgehead atoms. The Morgan fingerprint density at radius 2 is 2.22 bits per heavy atom. The van der Waals surface area contributed by atoms with Gasteiger partial charge in [-0.3, -0.25) is 5.32 Å².